The van der Waals surface area contributed by atoms with Gasteiger partial charge in [-0.05, 0) is 32.1 Å². The quantitative estimate of drug-likeness (QED) is 0.387. The van der Waals surface area contributed by atoms with Crippen LogP contribution in [-0.2, 0) is 4.79 Å². The number of hydrogen-bond acceptors (Lipinski definition) is 5. The maximum Gasteiger partial charge on any atom is 0.246 e. The van der Waals surface area contributed by atoms with Crippen molar-refractivity contribution in [2.24, 2.45) is 0 Å². The van der Waals surface area contributed by atoms with E-state index in [1.54, 1.807) is 11.8 Å². The molecule has 0 aliphatic carbocycles. The van der Waals surface area contributed by atoms with Crippen molar-refractivity contribution in [3.05, 3.63) is 71.8 Å². The van der Waals surface area contributed by atoms with Crippen molar-refractivity contribution in [1.82, 2.24) is 14.9 Å². The molecule has 1 fully saturated rings. The molecule has 1 atom stereocenters. The maximum absolute atomic E-state index is 15.6. The van der Waals surface area contributed by atoms with Crippen LogP contribution in [0.4, 0.5) is 14.6 Å². The number of fused-ring (bicyclic) bond motifs is 1. The minimum atomic E-state index is -0.894. The van der Waals surface area contributed by atoms with E-state index in [1.807, 2.05) is 11.8 Å². The van der Waals surface area contributed by atoms with Crippen molar-refractivity contribution in [3.8, 4) is 0 Å². The summed E-state index contributed by atoms with van der Waals surface area (Å²) < 4.78 is 30.1. The van der Waals surface area contributed by atoms with Crippen molar-refractivity contribution in [1.29, 1.82) is 0 Å². The molecule has 2 aromatic rings. The van der Waals surface area contributed by atoms with Crippen LogP contribution >= 0.6 is 11.6 Å². The number of allylic oxidation sites excluding steroid dienone is 4. The highest BCUT2D eigenvalue weighted by atomic mass is 35.5. The molecule has 0 radical (unpaired) electrons. The van der Waals surface area contributed by atoms with Gasteiger partial charge in [0, 0.05) is 36.6 Å². The minimum Gasteiger partial charge on any atom is -0.508 e. The number of halogens is 3. The summed E-state index contributed by atoms with van der Waals surface area (Å²) in [6.45, 7) is 11.7. The summed E-state index contributed by atoms with van der Waals surface area (Å²) >= 11 is 6.37. The second-order valence-electron chi connectivity index (χ2n) is 7.34. The highest BCUT2D eigenvalue weighted by molar-refractivity contribution is 6.33. The van der Waals surface area contributed by atoms with Crippen LogP contribution < -0.4 is 4.90 Å². The maximum atomic E-state index is 15.6. The number of amides is 1. The first-order chi connectivity index (χ1) is 15.2. The predicted molar refractivity (Wildman–Crippen MR) is 123 cm³/mol. The first-order valence-electron chi connectivity index (χ1n) is 9.93. The molecule has 3 rings (SSSR count). The summed E-state index contributed by atoms with van der Waals surface area (Å²) in [4.78, 5) is 23.9. The topological polar surface area (TPSA) is 69.6 Å². The van der Waals surface area contributed by atoms with Gasteiger partial charge in [-0.25, -0.2) is 18.7 Å². The van der Waals surface area contributed by atoms with E-state index in [2.05, 4.69) is 23.1 Å². The van der Waals surface area contributed by atoms with Gasteiger partial charge in [0.2, 0.25) is 5.91 Å². The normalized spacial score (nSPS) is 17.6. The molecule has 6 nitrogen and oxygen atoms in total. The van der Waals surface area contributed by atoms with Crippen LogP contribution in [0.15, 0.2) is 55.4 Å². The van der Waals surface area contributed by atoms with E-state index in [9.17, 15) is 14.3 Å². The second-order valence-corrected chi connectivity index (χ2v) is 7.75. The molecule has 9 heteroatoms. The van der Waals surface area contributed by atoms with Crippen molar-refractivity contribution >= 4 is 39.8 Å². The molecule has 1 aliphatic heterocycles. The monoisotopic (exact) mass is 460 g/mol. The molecule has 1 N–H and O–H groups in total. The van der Waals surface area contributed by atoms with E-state index in [0.717, 1.165) is 6.08 Å². The van der Waals surface area contributed by atoms with E-state index in [4.69, 9.17) is 11.6 Å². The Balaban J connectivity index is 2.14. The van der Waals surface area contributed by atoms with Crippen LogP contribution in [0.3, 0.4) is 0 Å². The van der Waals surface area contributed by atoms with Gasteiger partial charge in [0.1, 0.15) is 29.2 Å². The Labute approximate surface area is 189 Å². The average Bonchev–Trinajstić information content (AvgIpc) is 2.75. The second kappa shape index (κ2) is 9.48. The zero-order valence-corrected chi connectivity index (χ0v) is 18.5. The fourth-order valence-electron chi connectivity index (χ4n) is 3.81. The van der Waals surface area contributed by atoms with E-state index < -0.39 is 23.0 Å². The van der Waals surface area contributed by atoms with Gasteiger partial charge in [-0.2, -0.15) is 0 Å². The molecule has 32 heavy (non-hydrogen) atoms. The molecule has 0 spiro atoms. The molecule has 1 saturated heterocycles. The molecule has 2 heterocycles. The summed E-state index contributed by atoms with van der Waals surface area (Å²) in [5, 5.41) is 10.2. The van der Waals surface area contributed by atoms with E-state index in [1.165, 1.54) is 24.5 Å². The Bertz CT molecular complexity index is 1160. The van der Waals surface area contributed by atoms with Gasteiger partial charge < -0.3 is 14.9 Å². The third-order valence-electron chi connectivity index (χ3n) is 5.28. The third-order valence-corrected chi connectivity index (χ3v) is 5.57. The number of carbonyl (C=O) groups excluding carboxylic acids is 1. The van der Waals surface area contributed by atoms with Gasteiger partial charge >= 0.3 is 0 Å². The van der Waals surface area contributed by atoms with Gasteiger partial charge in [0.15, 0.2) is 5.82 Å². The van der Waals surface area contributed by atoms with Gasteiger partial charge in [-0.1, -0.05) is 30.8 Å². The number of aromatic nitrogens is 2. The first-order valence-corrected chi connectivity index (χ1v) is 10.3. The molecule has 0 bridgehead atoms. The Morgan fingerprint density at radius 3 is 2.69 bits per heavy atom. The molecular formula is C23H23ClF2N4O2. The van der Waals surface area contributed by atoms with E-state index in [-0.39, 0.29) is 28.1 Å². The third kappa shape index (κ3) is 4.23. The number of hydrogen-bond donors (Lipinski definition) is 1. The molecule has 1 aromatic carbocycles. The molecule has 168 valence electrons. The van der Waals surface area contributed by atoms with Crippen molar-refractivity contribution < 1.29 is 18.7 Å². The molecule has 0 saturated carbocycles. The van der Waals surface area contributed by atoms with Crippen LogP contribution in [0.5, 0.6) is 0 Å². The lowest BCUT2D eigenvalue weighted by Crippen LogP contribution is -2.53. The molecule has 1 amide bonds. The first kappa shape index (κ1) is 23.4. The number of aliphatic hydroxyl groups is 1. The highest BCUT2D eigenvalue weighted by Crippen LogP contribution is 2.39. The molecular weight excluding hydrogens is 438 g/mol. The largest absolute Gasteiger partial charge is 0.508 e. The van der Waals surface area contributed by atoms with Crippen molar-refractivity contribution in [2.75, 3.05) is 24.5 Å². The van der Waals surface area contributed by atoms with Gasteiger partial charge in [-0.3, -0.25) is 4.79 Å². The van der Waals surface area contributed by atoms with Crippen LogP contribution in [0.1, 0.15) is 19.4 Å². The number of benzene rings is 1. The lowest BCUT2D eigenvalue weighted by molar-refractivity contribution is -0.126. The van der Waals surface area contributed by atoms with Crippen molar-refractivity contribution in [3.63, 3.8) is 0 Å². The zero-order valence-electron chi connectivity index (χ0n) is 17.8. The van der Waals surface area contributed by atoms with E-state index in [0.29, 0.717) is 30.8 Å². The SMILES string of the molecule is C=CC(=O)N1CCN(c2ncnc3c(F)c(/C(C(=C)O)=C(F)/C=C\C)c(Cl)cc23)[C@@H](C)C1. The molecule has 1 aliphatic rings. The summed E-state index contributed by atoms with van der Waals surface area (Å²) in [7, 11) is 0. The van der Waals surface area contributed by atoms with E-state index >= 15 is 4.39 Å². The zero-order chi connectivity index (χ0) is 23.6. The molecule has 1 aromatic heterocycles. The fraction of sp³-hybridized carbons (Fsp3) is 0.261. The number of rotatable bonds is 5. The predicted octanol–water partition coefficient (Wildman–Crippen LogP) is 4.97. The fourth-order valence-corrected chi connectivity index (χ4v) is 4.09. The number of nitrogens with zero attached hydrogens (tertiary/aromatic N) is 4. The molecule has 0 unspecified atom stereocenters. The van der Waals surface area contributed by atoms with Gasteiger partial charge in [0.25, 0.3) is 0 Å². The number of anilines is 1. The van der Waals surface area contributed by atoms with Gasteiger partial charge in [-0.15, -0.1) is 0 Å². The lowest BCUT2D eigenvalue weighted by atomic mass is 10.00. The summed E-state index contributed by atoms with van der Waals surface area (Å²) in [5.74, 6) is -2.15. The Morgan fingerprint density at radius 1 is 1.38 bits per heavy atom. The summed E-state index contributed by atoms with van der Waals surface area (Å²) in [5.41, 5.74) is -0.850. The number of piperazine rings is 1. The Morgan fingerprint density at radius 2 is 2.09 bits per heavy atom. The Hall–Kier alpha value is -3.26. The lowest BCUT2D eigenvalue weighted by Gasteiger charge is -2.40. The van der Waals surface area contributed by atoms with Crippen LogP contribution in [0.25, 0.3) is 16.5 Å². The summed E-state index contributed by atoms with van der Waals surface area (Å²) in [6, 6.07) is 1.33. The van der Waals surface area contributed by atoms with Crippen LogP contribution in [0.2, 0.25) is 5.02 Å². The van der Waals surface area contributed by atoms with Gasteiger partial charge in [0.05, 0.1) is 10.6 Å². The van der Waals surface area contributed by atoms with Crippen LogP contribution in [-0.4, -0.2) is 51.6 Å². The van der Waals surface area contributed by atoms with Crippen LogP contribution in [0, 0.1) is 5.82 Å². The Kier molecular flexibility index (Phi) is 6.93. The highest BCUT2D eigenvalue weighted by Gasteiger charge is 2.29. The summed E-state index contributed by atoms with van der Waals surface area (Å²) in [6.07, 6.45) is 4.97. The van der Waals surface area contributed by atoms with Crippen molar-refractivity contribution in [2.45, 2.75) is 19.9 Å². The standard InChI is InChI=1S/C23H23ClF2N4O2/c1-5-7-17(25)19(14(4)31)20-16(24)10-15-22(21(20)26)27-12-28-23(15)30-9-8-29(11-13(30)3)18(32)6-2/h5-7,10,12-13,31H,2,4,8-9,11H2,1,3H3/b7-5-,19-17-/t13-/m0/s1. The number of carbonyl (C=O) groups is 1. The number of aliphatic hydroxyl groups excluding tert-OH is 1. The smallest absolute Gasteiger partial charge is 0.246 e. The average molecular weight is 461 g/mol. The minimum absolute atomic E-state index is 0.0711.